The van der Waals surface area contributed by atoms with Crippen molar-refractivity contribution in [2.75, 3.05) is 54.6 Å². The van der Waals surface area contributed by atoms with Crippen LogP contribution in [-0.2, 0) is 31.1 Å². The van der Waals surface area contributed by atoms with Gasteiger partial charge in [0.2, 0.25) is 5.91 Å². The number of nitrogens with one attached hydrogen (secondary N) is 1. The Balaban J connectivity index is 1.30. The molecule has 1 N–H and O–H groups in total. The largest absolute Gasteiger partial charge is 0.496 e. The number of amides is 2. The fraction of sp³-hybridized carbons (Fsp3) is 0.556. The third-order valence-corrected chi connectivity index (χ3v) is 12.8. The summed E-state index contributed by atoms with van der Waals surface area (Å²) >= 11 is 0. The number of morpholine rings is 1. The molecule has 3 fully saturated rings. The summed E-state index contributed by atoms with van der Waals surface area (Å²) in [6, 6.07) is 6.47. The van der Waals surface area contributed by atoms with E-state index in [2.05, 4.69) is 56.5 Å². The number of rotatable bonds is 6. The molecule has 2 amide bonds. The van der Waals surface area contributed by atoms with Crippen LogP contribution in [0.3, 0.4) is 0 Å². The van der Waals surface area contributed by atoms with E-state index in [4.69, 9.17) is 9.47 Å². The lowest BCUT2D eigenvalue weighted by molar-refractivity contribution is -0.159. The van der Waals surface area contributed by atoms with Crippen molar-refractivity contribution in [3.63, 3.8) is 0 Å². The maximum absolute atomic E-state index is 14.9. The Labute approximate surface area is 282 Å². The monoisotopic (exact) mass is 675 g/mol. The number of methoxy groups -OCH3 is 1. The summed E-state index contributed by atoms with van der Waals surface area (Å²) < 4.78 is 42.9. The Hall–Kier alpha value is -3.45. The molecular weight excluding hydrogens is 630 g/mol. The van der Waals surface area contributed by atoms with Gasteiger partial charge in [0.15, 0.2) is 0 Å². The smallest absolute Gasteiger partial charge is 0.303 e. The highest BCUT2D eigenvalue weighted by Gasteiger charge is 2.50. The Morgan fingerprint density at radius 1 is 1.06 bits per heavy atom. The van der Waals surface area contributed by atoms with Gasteiger partial charge in [-0.2, -0.15) is 12.7 Å². The van der Waals surface area contributed by atoms with E-state index in [0.717, 1.165) is 69.3 Å². The lowest BCUT2D eigenvalue weighted by atomic mass is 9.75. The van der Waals surface area contributed by atoms with Crippen LogP contribution in [0.5, 0.6) is 5.75 Å². The van der Waals surface area contributed by atoms with E-state index in [1.165, 1.54) is 38.9 Å². The number of piperazine rings is 1. The van der Waals surface area contributed by atoms with Crippen LogP contribution in [0.4, 0.5) is 0 Å². The van der Waals surface area contributed by atoms with E-state index in [-0.39, 0.29) is 29.8 Å². The zero-order valence-electron chi connectivity index (χ0n) is 28.2. The zero-order valence-corrected chi connectivity index (χ0v) is 29.0. The van der Waals surface area contributed by atoms with E-state index in [1.54, 1.807) is 7.11 Å². The third-order valence-electron chi connectivity index (χ3n) is 11.4. The molecule has 256 valence electrons. The number of likely N-dealkylation sites (N-methyl/N-ethyl adjacent to an activating group) is 1. The van der Waals surface area contributed by atoms with E-state index < -0.39 is 16.1 Å². The molecule has 3 unspecified atom stereocenters. The molecule has 3 aliphatic heterocycles. The van der Waals surface area contributed by atoms with E-state index in [0.29, 0.717) is 37.7 Å². The van der Waals surface area contributed by atoms with Gasteiger partial charge in [-0.3, -0.25) is 9.59 Å². The fourth-order valence-corrected chi connectivity index (χ4v) is 9.71. The predicted octanol–water partition coefficient (Wildman–Crippen LogP) is 3.44. The highest BCUT2D eigenvalue weighted by molar-refractivity contribution is 7.87. The quantitative estimate of drug-likeness (QED) is 0.499. The average molecular weight is 676 g/mol. The number of hydrogen-bond acceptors (Lipinski definition) is 7. The van der Waals surface area contributed by atoms with Crippen LogP contribution in [0.2, 0.25) is 0 Å². The molecule has 2 saturated heterocycles. The molecule has 3 aliphatic carbocycles. The highest BCUT2D eigenvalue weighted by Crippen LogP contribution is 2.55. The Morgan fingerprint density at radius 2 is 1.79 bits per heavy atom. The number of carbonyl (C=O) groups is 2. The molecule has 1 aromatic carbocycles. The second kappa shape index (κ2) is 11.9. The molecular formula is C36H45N5O6S. The van der Waals surface area contributed by atoms with Gasteiger partial charge >= 0.3 is 10.2 Å². The van der Waals surface area contributed by atoms with Crippen LogP contribution in [0, 0.1) is 5.92 Å². The van der Waals surface area contributed by atoms with Crippen LogP contribution in [-0.4, -0.2) is 106 Å². The lowest BCUT2D eigenvalue weighted by Crippen LogP contribution is -2.66. The van der Waals surface area contributed by atoms with E-state index in [1.807, 2.05) is 0 Å². The third kappa shape index (κ3) is 5.05. The van der Waals surface area contributed by atoms with Crippen molar-refractivity contribution < 1.29 is 27.5 Å². The first kappa shape index (κ1) is 31.8. The summed E-state index contributed by atoms with van der Waals surface area (Å²) in [5, 5.41) is 1.02. The van der Waals surface area contributed by atoms with Crippen molar-refractivity contribution in [1.82, 2.24) is 23.4 Å². The highest BCUT2D eigenvalue weighted by atomic mass is 32.2. The summed E-state index contributed by atoms with van der Waals surface area (Å²) in [4.78, 5) is 32.9. The van der Waals surface area contributed by atoms with Crippen molar-refractivity contribution >= 4 is 32.9 Å². The van der Waals surface area contributed by atoms with Gasteiger partial charge < -0.3 is 23.8 Å². The number of carbonyl (C=O) groups excluding carboxylic acids is 2. The van der Waals surface area contributed by atoms with Crippen molar-refractivity contribution in [3.05, 3.63) is 63.9 Å². The van der Waals surface area contributed by atoms with Crippen LogP contribution in [0.15, 0.2) is 52.6 Å². The first-order valence-electron chi connectivity index (χ1n) is 17.3. The number of fused-ring (bicyclic) bond motifs is 8. The second-order valence-corrected chi connectivity index (χ2v) is 16.4. The summed E-state index contributed by atoms with van der Waals surface area (Å²) in [6.07, 6.45) is 10.6. The standard InChI is InChI=1S/C36H45N5O6S/c1-38(2)48(44,45)37-35(42)33-28-18-40-29(15-27-30(46-4)14-13-24(34(27)40)21-9-6-5-7-10-21)31-25(32(28)33)11-8-12-26(31)36(43)41-22-16-39(3)17-23(41)20-47-19-22/h8,11,13-15,21-23,26,31H,5-7,9-10,12,16-20H2,1-4H3,(H,37,42)/t22?,23?,26-,31?/m1/s1. The second-order valence-electron chi connectivity index (χ2n) is 14.5. The maximum atomic E-state index is 14.9. The minimum absolute atomic E-state index is 0.0150. The summed E-state index contributed by atoms with van der Waals surface area (Å²) in [7, 11) is 2.60. The molecule has 8 rings (SSSR count). The van der Waals surface area contributed by atoms with Gasteiger partial charge in [0.05, 0.1) is 49.4 Å². The molecule has 11 nitrogen and oxygen atoms in total. The minimum atomic E-state index is -3.99. The van der Waals surface area contributed by atoms with Crippen molar-refractivity contribution in [2.45, 2.75) is 69.0 Å². The van der Waals surface area contributed by atoms with Gasteiger partial charge in [0.1, 0.15) is 5.75 Å². The van der Waals surface area contributed by atoms with Gasteiger partial charge in [0.25, 0.3) is 5.91 Å². The Kier molecular flexibility index (Phi) is 7.85. The fourth-order valence-electron chi connectivity index (χ4n) is 9.19. The van der Waals surface area contributed by atoms with Gasteiger partial charge in [-0.15, -0.1) is 0 Å². The number of ether oxygens (including phenoxy) is 2. The molecule has 48 heavy (non-hydrogen) atoms. The van der Waals surface area contributed by atoms with Crippen LogP contribution in [0.25, 0.3) is 10.9 Å². The normalized spacial score (nSPS) is 27.5. The van der Waals surface area contributed by atoms with Crippen molar-refractivity contribution in [2.24, 2.45) is 5.92 Å². The van der Waals surface area contributed by atoms with Crippen LogP contribution < -0.4 is 9.46 Å². The lowest BCUT2D eigenvalue weighted by Gasteiger charge is -2.50. The van der Waals surface area contributed by atoms with Gasteiger partial charge in [0, 0.05) is 50.7 Å². The summed E-state index contributed by atoms with van der Waals surface area (Å²) in [6.45, 7) is 3.00. The molecule has 2 aromatic rings. The van der Waals surface area contributed by atoms with Gasteiger partial charge in [-0.25, -0.2) is 4.72 Å². The topological polar surface area (TPSA) is 113 Å². The number of benzene rings is 1. The molecule has 0 radical (unpaired) electrons. The van der Waals surface area contributed by atoms with Crippen LogP contribution in [0.1, 0.15) is 61.6 Å². The first-order valence-corrected chi connectivity index (χ1v) is 18.7. The number of aromatic nitrogens is 1. The molecule has 2 bridgehead atoms. The number of hydrogen-bond donors (Lipinski definition) is 1. The number of allylic oxidation sites excluding steroid dienone is 4. The average Bonchev–Trinajstić information content (AvgIpc) is 3.69. The molecule has 0 spiro atoms. The van der Waals surface area contributed by atoms with E-state index >= 15 is 0 Å². The first-order chi connectivity index (χ1) is 23.1. The SMILES string of the molecule is COc1ccc(C2CCCCC2)c2c1cc1n2CC2=C(C(=O)NS(=O)(=O)N(C)C)C2=C2C=CC[C@@H](C(=O)N3C4COCC3CN(C)C4)C21. The molecule has 4 atom stereocenters. The van der Waals surface area contributed by atoms with Gasteiger partial charge in [-0.1, -0.05) is 37.5 Å². The van der Waals surface area contributed by atoms with Crippen molar-refractivity contribution in [3.8, 4) is 5.75 Å². The summed E-state index contributed by atoms with van der Waals surface area (Å²) in [5.74, 6) is -0.00568. The minimum Gasteiger partial charge on any atom is -0.496 e. The predicted molar refractivity (Wildman–Crippen MR) is 182 cm³/mol. The maximum Gasteiger partial charge on any atom is 0.303 e. The van der Waals surface area contributed by atoms with Crippen molar-refractivity contribution in [1.29, 1.82) is 0 Å². The number of nitrogens with zero attached hydrogens (tertiary/aromatic N) is 4. The van der Waals surface area contributed by atoms with E-state index in [9.17, 15) is 18.0 Å². The Bertz CT molecular complexity index is 1890. The molecule has 4 heterocycles. The molecule has 1 saturated carbocycles. The zero-order chi connectivity index (χ0) is 33.5. The Morgan fingerprint density at radius 3 is 2.48 bits per heavy atom. The molecule has 12 heteroatoms. The molecule has 1 aromatic heterocycles. The summed E-state index contributed by atoms with van der Waals surface area (Å²) in [5.41, 5.74) is 6.38. The van der Waals surface area contributed by atoms with Crippen LogP contribution >= 0.6 is 0 Å². The molecule has 6 aliphatic rings. The van der Waals surface area contributed by atoms with Gasteiger partial charge in [-0.05, 0) is 66.6 Å².